The van der Waals surface area contributed by atoms with E-state index in [-0.39, 0.29) is 6.04 Å². The van der Waals surface area contributed by atoms with Crippen molar-refractivity contribution in [3.05, 3.63) is 51.7 Å². The van der Waals surface area contributed by atoms with Crippen molar-refractivity contribution >= 4 is 11.3 Å². The monoisotopic (exact) mass is 272 g/mol. The molecule has 0 aliphatic heterocycles. The number of nitrogens with one attached hydrogen (secondary N) is 1. The average molecular weight is 272 g/mol. The third-order valence-corrected chi connectivity index (χ3v) is 3.96. The summed E-state index contributed by atoms with van der Waals surface area (Å²) in [5.74, 6) is 0.868. The Bertz CT molecular complexity index is 569. The Kier molecular flexibility index (Phi) is 4.56. The highest BCUT2D eigenvalue weighted by Gasteiger charge is 2.06. The zero-order valence-electron chi connectivity index (χ0n) is 11.0. The number of benzene rings is 1. The van der Waals surface area contributed by atoms with E-state index in [4.69, 9.17) is 10.00 Å². The van der Waals surface area contributed by atoms with E-state index in [2.05, 4.69) is 30.4 Å². The number of nitriles is 1. The summed E-state index contributed by atoms with van der Waals surface area (Å²) in [5.41, 5.74) is 1.22. The van der Waals surface area contributed by atoms with Crippen LogP contribution in [-0.4, -0.2) is 7.11 Å². The van der Waals surface area contributed by atoms with Gasteiger partial charge in [0, 0.05) is 17.5 Å². The van der Waals surface area contributed by atoms with Gasteiger partial charge in [0.15, 0.2) is 0 Å². The van der Waals surface area contributed by atoms with Crippen molar-refractivity contribution in [1.29, 1.82) is 5.26 Å². The standard InChI is InChI=1S/C15H16N2OS/c1-11(12-3-5-13(18-2)6-4-12)17-10-15-8-7-14(9-16)19-15/h3-8,11,17H,10H2,1-2H3/t11-/m0/s1. The van der Waals surface area contributed by atoms with Gasteiger partial charge in [-0.1, -0.05) is 12.1 Å². The van der Waals surface area contributed by atoms with Gasteiger partial charge in [0.25, 0.3) is 0 Å². The van der Waals surface area contributed by atoms with E-state index in [1.54, 1.807) is 7.11 Å². The lowest BCUT2D eigenvalue weighted by Crippen LogP contribution is -2.17. The van der Waals surface area contributed by atoms with Gasteiger partial charge in [0.05, 0.1) is 7.11 Å². The first-order chi connectivity index (χ1) is 9.22. The minimum absolute atomic E-state index is 0.263. The molecule has 0 fully saturated rings. The summed E-state index contributed by atoms with van der Waals surface area (Å²) in [6.07, 6.45) is 0. The van der Waals surface area contributed by atoms with Crippen molar-refractivity contribution in [2.75, 3.05) is 7.11 Å². The highest BCUT2D eigenvalue weighted by Crippen LogP contribution is 2.19. The summed E-state index contributed by atoms with van der Waals surface area (Å²) < 4.78 is 5.14. The molecule has 3 nitrogen and oxygen atoms in total. The SMILES string of the molecule is COc1ccc([C@H](C)NCc2ccc(C#N)s2)cc1. The summed E-state index contributed by atoms with van der Waals surface area (Å²) in [7, 11) is 1.67. The molecule has 0 amide bonds. The van der Waals surface area contributed by atoms with Crippen molar-refractivity contribution in [1.82, 2.24) is 5.32 Å². The van der Waals surface area contributed by atoms with E-state index < -0.39 is 0 Å². The first-order valence-electron chi connectivity index (χ1n) is 6.09. The molecule has 0 spiro atoms. The molecule has 1 aromatic heterocycles. The number of hydrogen-bond donors (Lipinski definition) is 1. The molecule has 0 saturated heterocycles. The number of methoxy groups -OCH3 is 1. The van der Waals surface area contributed by atoms with Crippen LogP contribution < -0.4 is 10.1 Å². The molecule has 1 N–H and O–H groups in total. The Morgan fingerprint density at radius 3 is 2.58 bits per heavy atom. The van der Waals surface area contributed by atoms with Crippen molar-refractivity contribution in [3.63, 3.8) is 0 Å². The van der Waals surface area contributed by atoms with E-state index in [1.807, 2.05) is 24.3 Å². The Morgan fingerprint density at radius 1 is 1.26 bits per heavy atom. The van der Waals surface area contributed by atoms with Gasteiger partial charge in [-0.25, -0.2) is 0 Å². The third-order valence-electron chi connectivity index (χ3n) is 2.97. The van der Waals surface area contributed by atoms with Crippen molar-refractivity contribution in [3.8, 4) is 11.8 Å². The Balaban J connectivity index is 1.93. The molecular weight excluding hydrogens is 256 g/mol. The molecule has 2 aromatic rings. The molecule has 98 valence electrons. The van der Waals surface area contributed by atoms with Gasteiger partial charge >= 0.3 is 0 Å². The summed E-state index contributed by atoms with van der Waals surface area (Å²) >= 11 is 1.53. The Labute approximate surface area is 117 Å². The maximum Gasteiger partial charge on any atom is 0.118 e. The molecule has 0 saturated carbocycles. The largest absolute Gasteiger partial charge is 0.497 e. The van der Waals surface area contributed by atoms with Crippen LogP contribution in [0.4, 0.5) is 0 Å². The second-order valence-electron chi connectivity index (χ2n) is 4.25. The quantitative estimate of drug-likeness (QED) is 0.906. The van der Waals surface area contributed by atoms with Gasteiger partial charge < -0.3 is 10.1 Å². The van der Waals surface area contributed by atoms with Crippen LogP contribution in [0.25, 0.3) is 0 Å². The topological polar surface area (TPSA) is 45.0 Å². The molecule has 0 aliphatic rings. The molecular formula is C15H16N2OS. The van der Waals surface area contributed by atoms with Gasteiger partial charge in [-0.3, -0.25) is 0 Å². The van der Waals surface area contributed by atoms with Gasteiger partial charge in [0.2, 0.25) is 0 Å². The van der Waals surface area contributed by atoms with Crippen LogP contribution in [0.15, 0.2) is 36.4 Å². The number of ether oxygens (including phenoxy) is 1. The first-order valence-corrected chi connectivity index (χ1v) is 6.90. The molecule has 2 rings (SSSR count). The van der Waals surface area contributed by atoms with Crippen LogP contribution in [-0.2, 0) is 6.54 Å². The third kappa shape index (κ3) is 3.57. The molecule has 4 heteroatoms. The minimum atomic E-state index is 0.263. The van der Waals surface area contributed by atoms with Crippen LogP contribution in [0.1, 0.15) is 28.3 Å². The van der Waals surface area contributed by atoms with Crippen LogP contribution in [0, 0.1) is 11.3 Å². The van der Waals surface area contributed by atoms with E-state index in [0.717, 1.165) is 17.2 Å². The highest BCUT2D eigenvalue weighted by atomic mass is 32.1. The highest BCUT2D eigenvalue weighted by molar-refractivity contribution is 7.12. The number of rotatable bonds is 5. The van der Waals surface area contributed by atoms with Gasteiger partial charge in [-0.15, -0.1) is 11.3 Å². The molecule has 1 aromatic carbocycles. The zero-order valence-corrected chi connectivity index (χ0v) is 11.8. The maximum atomic E-state index is 8.78. The maximum absolute atomic E-state index is 8.78. The van der Waals surface area contributed by atoms with Crippen LogP contribution in [0.2, 0.25) is 0 Å². The van der Waals surface area contributed by atoms with E-state index in [9.17, 15) is 0 Å². The van der Waals surface area contributed by atoms with E-state index >= 15 is 0 Å². The molecule has 0 bridgehead atoms. The lowest BCUT2D eigenvalue weighted by Gasteiger charge is -2.14. The Hall–Kier alpha value is -1.83. The lowest BCUT2D eigenvalue weighted by molar-refractivity contribution is 0.414. The summed E-state index contributed by atoms with van der Waals surface area (Å²) in [6.45, 7) is 2.90. The fourth-order valence-corrected chi connectivity index (χ4v) is 2.55. The predicted octanol–water partition coefficient (Wildman–Crippen LogP) is 3.48. The molecule has 1 atom stereocenters. The zero-order chi connectivity index (χ0) is 13.7. The molecule has 19 heavy (non-hydrogen) atoms. The first kappa shape index (κ1) is 13.6. The van der Waals surface area contributed by atoms with Crippen LogP contribution in [0.5, 0.6) is 5.75 Å². The molecule has 1 heterocycles. The average Bonchev–Trinajstić information content (AvgIpc) is 2.93. The van der Waals surface area contributed by atoms with Crippen molar-refractivity contribution in [2.24, 2.45) is 0 Å². The summed E-state index contributed by atoms with van der Waals surface area (Å²) in [4.78, 5) is 1.94. The number of nitrogens with zero attached hydrogens (tertiary/aromatic N) is 1. The van der Waals surface area contributed by atoms with Crippen LogP contribution >= 0.6 is 11.3 Å². The molecule has 0 radical (unpaired) electrons. The van der Waals surface area contributed by atoms with Crippen molar-refractivity contribution < 1.29 is 4.74 Å². The predicted molar refractivity (Wildman–Crippen MR) is 77.3 cm³/mol. The van der Waals surface area contributed by atoms with E-state index in [1.165, 1.54) is 21.8 Å². The van der Waals surface area contributed by atoms with Crippen molar-refractivity contribution in [2.45, 2.75) is 19.5 Å². The van der Waals surface area contributed by atoms with E-state index in [0.29, 0.717) is 0 Å². The fourth-order valence-electron chi connectivity index (χ4n) is 1.80. The number of hydrogen-bond acceptors (Lipinski definition) is 4. The normalized spacial score (nSPS) is 11.8. The second kappa shape index (κ2) is 6.37. The Morgan fingerprint density at radius 2 is 2.00 bits per heavy atom. The number of thiophene rings is 1. The van der Waals surface area contributed by atoms with Gasteiger partial charge in [-0.05, 0) is 36.8 Å². The molecule has 0 unspecified atom stereocenters. The minimum Gasteiger partial charge on any atom is -0.497 e. The second-order valence-corrected chi connectivity index (χ2v) is 5.42. The molecule has 0 aliphatic carbocycles. The van der Waals surface area contributed by atoms with Gasteiger partial charge in [0.1, 0.15) is 16.7 Å². The summed E-state index contributed by atoms with van der Waals surface area (Å²) in [6, 6.07) is 14.3. The fraction of sp³-hybridized carbons (Fsp3) is 0.267. The lowest BCUT2D eigenvalue weighted by atomic mass is 10.1. The van der Waals surface area contributed by atoms with Gasteiger partial charge in [-0.2, -0.15) is 5.26 Å². The van der Waals surface area contributed by atoms with Crippen LogP contribution in [0.3, 0.4) is 0 Å². The smallest absolute Gasteiger partial charge is 0.118 e. The summed E-state index contributed by atoms with van der Waals surface area (Å²) in [5, 5.41) is 12.2.